The smallest absolute Gasteiger partial charge is 0.230 e. The molecule has 0 aliphatic heterocycles. The molecular weight excluding hydrogens is 275 g/mol. The molecule has 0 saturated heterocycles. The number of aromatic nitrogens is 4. The Morgan fingerprint density at radius 1 is 1.33 bits per heavy atom. The number of fused-ring (bicyclic) bond motifs is 1. The van der Waals surface area contributed by atoms with E-state index in [1.54, 1.807) is 13.0 Å². The molecule has 0 bridgehead atoms. The van der Waals surface area contributed by atoms with E-state index in [9.17, 15) is 9.18 Å². The lowest BCUT2D eigenvalue weighted by molar-refractivity contribution is -0.125. The van der Waals surface area contributed by atoms with Gasteiger partial charge in [-0.2, -0.15) is 4.98 Å². The van der Waals surface area contributed by atoms with Crippen molar-refractivity contribution in [3.05, 3.63) is 29.7 Å². The van der Waals surface area contributed by atoms with Crippen molar-refractivity contribution in [3.8, 4) is 11.4 Å². The molecule has 1 saturated carbocycles. The number of carbonyl (C=O) groups is 1. The van der Waals surface area contributed by atoms with Gasteiger partial charge in [0, 0.05) is 12.8 Å². The molecule has 7 heteroatoms. The van der Waals surface area contributed by atoms with E-state index in [0.717, 1.165) is 0 Å². The fourth-order valence-electron chi connectivity index (χ4n) is 2.55. The van der Waals surface area contributed by atoms with Gasteiger partial charge < -0.3 is 9.51 Å². The first-order valence-electron chi connectivity index (χ1n) is 6.62. The summed E-state index contributed by atoms with van der Waals surface area (Å²) in [7, 11) is 0. The monoisotopic (exact) mass is 286 g/mol. The van der Waals surface area contributed by atoms with E-state index in [-0.39, 0.29) is 23.1 Å². The number of H-pyrrole nitrogens is 1. The lowest BCUT2D eigenvalue weighted by atomic mass is 9.84. The molecule has 0 radical (unpaired) electrons. The van der Waals surface area contributed by atoms with Gasteiger partial charge in [0.25, 0.3) is 0 Å². The molecule has 0 unspecified atom stereocenters. The van der Waals surface area contributed by atoms with Crippen LogP contribution in [0.5, 0.6) is 0 Å². The third-order valence-electron chi connectivity index (χ3n) is 3.68. The highest BCUT2D eigenvalue weighted by Gasteiger charge is 2.33. The molecule has 6 nitrogen and oxygen atoms in total. The first-order chi connectivity index (χ1) is 10.1. The van der Waals surface area contributed by atoms with Crippen LogP contribution in [-0.2, 0) is 4.79 Å². The molecule has 0 atom stereocenters. The molecule has 1 fully saturated rings. The van der Waals surface area contributed by atoms with Crippen molar-refractivity contribution in [2.75, 3.05) is 0 Å². The Labute approximate surface area is 118 Å². The number of imidazole rings is 1. The molecule has 1 aliphatic carbocycles. The van der Waals surface area contributed by atoms with E-state index >= 15 is 0 Å². The molecule has 3 aromatic rings. The van der Waals surface area contributed by atoms with Crippen LogP contribution in [0.25, 0.3) is 22.4 Å². The number of halogens is 1. The Hall–Kier alpha value is -2.57. The highest BCUT2D eigenvalue weighted by Crippen LogP contribution is 2.35. The molecule has 0 spiro atoms. The molecule has 1 N–H and O–H groups in total. The van der Waals surface area contributed by atoms with E-state index in [1.165, 1.54) is 6.07 Å². The van der Waals surface area contributed by atoms with Crippen LogP contribution in [0, 0.1) is 12.7 Å². The van der Waals surface area contributed by atoms with Crippen molar-refractivity contribution < 1.29 is 13.7 Å². The summed E-state index contributed by atoms with van der Waals surface area (Å²) < 4.78 is 19.3. The van der Waals surface area contributed by atoms with Crippen LogP contribution >= 0.6 is 0 Å². The minimum atomic E-state index is -0.453. The van der Waals surface area contributed by atoms with Crippen LogP contribution in [0.4, 0.5) is 4.39 Å². The minimum absolute atomic E-state index is 0.0399. The second kappa shape index (κ2) is 4.21. The molecular formula is C14H11FN4O2. The van der Waals surface area contributed by atoms with Crippen LogP contribution < -0.4 is 0 Å². The Bertz CT molecular complexity index is 859. The number of nitrogens with one attached hydrogen (secondary N) is 1. The number of aryl methyl sites for hydroxylation is 1. The van der Waals surface area contributed by atoms with Crippen LogP contribution in [0.3, 0.4) is 0 Å². The van der Waals surface area contributed by atoms with Gasteiger partial charge in [-0.3, -0.25) is 4.79 Å². The fraction of sp³-hybridized carbons (Fsp3) is 0.286. The number of ketones is 1. The lowest BCUT2D eigenvalue weighted by Gasteiger charge is -2.19. The Morgan fingerprint density at radius 2 is 2.14 bits per heavy atom. The Morgan fingerprint density at radius 3 is 2.90 bits per heavy atom. The summed E-state index contributed by atoms with van der Waals surface area (Å²) in [5.74, 6) is 0.918. The van der Waals surface area contributed by atoms with E-state index in [4.69, 9.17) is 4.52 Å². The van der Waals surface area contributed by atoms with Crippen molar-refractivity contribution in [1.29, 1.82) is 0 Å². The SMILES string of the molecule is Cc1nc2c(-c3noc(C4CC(=O)C4)n3)c(F)ccc2[nH]1. The zero-order chi connectivity index (χ0) is 14.6. The maximum atomic E-state index is 14.2. The lowest BCUT2D eigenvalue weighted by Crippen LogP contribution is -2.21. The van der Waals surface area contributed by atoms with Gasteiger partial charge in [0.05, 0.1) is 17.0 Å². The summed E-state index contributed by atoms with van der Waals surface area (Å²) in [4.78, 5) is 22.6. The predicted molar refractivity (Wildman–Crippen MR) is 71.1 cm³/mol. The molecule has 4 rings (SSSR count). The molecule has 2 heterocycles. The molecule has 1 aromatic carbocycles. The molecule has 106 valence electrons. The Balaban J connectivity index is 1.82. The fourth-order valence-corrected chi connectivity index (χ4v) is 2.55. The summed E-state index contributed by atoms with van der Waals surface area (Å²) in [6, 6.07) is 2.97. The van der Waals surface area contributed by atoms with Crippen molar-refractivity contribution in [1.82, 2.24) is 20.1 Å². The molecule has 0 amide bonds. The van der Waals surface area contributed by atoms with Gasteiger partial charge in [0.2, 0.25) is 11.7 Å². The third kappa shape index (κ3) is 1.84. The second-order valence-electron chi connectivity index (χ2n) is 5.24. The summed E-state index contributed by atoms with van der Waals surface area (Å²) in [5.41, 5.74) is 1.41. The number of benzene rings is 1. The quantitative estimate of drug-likeness (QED) is 0.782. The largest absolute Gasteiger partial charge is 0.342 e. The van der Waals surface area contributed by atoms with Gasteiger partial charge in [-0.15, -0.1) is 0 Å². The maximum absolute atomic E-state index is 14.2. The maximum Gasteiger partial charge on any atom is 0.230 e. The Kier molecular flexibility index (Phi) is 2.44. The predicted octanol–water partition coefficient (Wildman–Crippen LogP) is 2.51. The first kappa shape index (κ1) is 12.2. The average molecular weight is 286 g/mol. The van der Waals surface area contributed by atoms with Crippen LogP contribution in [0.2, 0.25) is 0 Å². The van der Waals surface area contributed by atoms with E-state index in [0.29, 0.717) is 35.6 Å². The van der Waals surface area contributed by atoms with Crippen molar-refractivity contribution in [2.24, 2.45) is 0 Å². The van der Waals surface area contributed by atoms with Gasteiger partial charge in [-0.05, 0) is 19.1 Å². The van der Waals surface area contributed by atoms with Crippen molar-refractivity contribution in [3.63, 3.8) is 0 Å². The summed E-state index contributed by atoms with van der Waals surface area (Å²) in [5, 5.41) is 3.84. The number of hydrogen-bond acceptors (Lipinski definition) is 5. The zero-order valence-corrected chi connectivity index (χ0v) is 11.2. The van der Waals surface area contributed by atoms with Crippen LogP contribution in [0.15, 0.2) is 16.7 Å². The topological polar surface area (TPSA) is 84.7 Å². The molecule has 2 aromatic heterocycles. The summed E-state index contributed by atoms with van der Waals surface area (Å²) in [6.07, 6.45) is 0.825. The van der Waals surface area contributed by atoms with E-state index in [1.807, 2.05) is 0 Å². The number of carbonyl (C=O) groups excluding carboxylic acids is 1. The average Bonchev–Trinajstić information content (AvgIpc) is 3.01. The number of aromatic amines is 1. The van der Waals surface area contributed by atoms with Gasteiger partial charge >= 0.3 is 0 Å². The number of hydrogen-bond donors (Lipinski definition) is 1. The van der Waals surface area contributed by atoms with E-state index in [2.05, 4.69) is 20.1 Å². The molecule has 21 heavy (non-hydrogen) atoms. The van der Waals surface area contributed by atoms with E-state index < -0.39 is 5.82 Å². The van der Waals surface area contributed by atoms with Crippen molar-refractivity contribution in [2.45, 2.75) is 25.7 Å². The number of nitrogens with zero attached hydrogens (tertiary/aromatic N) is 3. The van der Waals surface area contributed by atoms with Gasteiger partial charge in [0.1, 0.15) is 22.9 Å². The highest BCUT2D eigenvalue weighted by atomic mass is 19.1. The van der Waals surface area contributed by atoms with Gasteiger partial charge in [-0.1, -0.05) is 5.16 Å². The third-order valence-corrected chi connectivity index (χ3v) is 3.68. The van der Waals surface area contributed by atoms with Crippen molar-refractivity contribution >= 4 is 16.8 Å². The first-order valence-corrected chi connectivity index (χ1v) is 6.62. The zero-order valence-electron chi connectivity index (χ0n) is 11.2. The van der Waals surface area contributed by atoms with Gasteiger partial charge in [0.15, 0.2) is 0 Å². The number of Topliss-reactive ketones (excluding diaryl/α,β-unsaturated/α-hetero) is 1. The number of rotatable bonds is 2. The normalized spacial score (nSPS) is 15.6. The van der Waals surface area contributed by atoms with Crippen LogP contribution in [-0.4, -0.2) is 25.9 Å². The molecule has 1 aliphatic rings. The van der Waals surface area contributed by atoms with Gasteiger partial charge in [-0.25, -0.2) is 9.37 Å². The minimum Gasteiger partial charge on any atom is -0.342 e. The second-order valence-corrected chi connectivity index (χ2v) is 5.24. The summed E-state index contributed by atoms with van der Waals surface area (Å²) >= 11 is 0. The van der Waals surface area contributed by atoms with Crippen LogP contribution in [0.1, 0.15) is 30.5 Å². The standard InChI is InChI=1S/C14H11FN4O2/c1-6-16-10-3-2-9(15)11(12(10)17-6)13-18-14(21-19-13)7-4-8(20)5-7/h2-3,7H,4-5H2,1H3,(H,16,17). The highest BCUT2D eigenvalue weighted by molar-refractivity contribution is 5.90. The summed E-state index contributed by atoms with van der Waals surface area (Å²) in [6.45, 7) is 1.79.